The van der Waals surface area contributed by atoms with Crippen LogP contribution in [0.15, 0.2) is 40.9 Å². The highest BCUT2D eigenvalue weighted by molar-refractivity contribution is 9.10. The minimum absolute atomic E-state index is 0.304. The number of rotatable bonds is 6. The summed E-state index contributed by atoms with van der Waals surface area (Å²) in [6, 6.07) is 8.86. The van der Waals surface area contributed by atoms with Crippen LogP contribution in [-0.2, 0) is 4.79 Å². The van der Waals surface area contributed by atoms with E-state index in [1.54, 1.807) is 50.2 Å². The number of nitrogens with one attached hydrogen (secondary N) is 1. The Hall–Kier alpha value is -2.87. The summed E-state index contributed by atoms with van der Waals surface area (Å²) in [5.74, 6) is -0.823. The van der Waals surface area contributed by atoms with Gasteiger partial charge in [0, 0.05) is 12.1 Å². The summed E-state index contributed by atoms with van der Waals surface area (Å²) in [7, 11) is 2.99. The molecule has 0 spiro atoms. The van der Waals surface area contributed by atoms with Crippen molar-refractivity contribution in [2.45, 2.75) is 19.9 Å². The van der Waals surface area contributed by atoms with E-state index in [-0.39, 0.29) is 5.92 Å². The Labute approximate surface area is 177 Å². The van der Waals surface area contributed by atoms with E-state index in [2.05, 4.69) is 21.2 Å². The summed E-state index contributed by atoms with van der Waals surface area (Å²) in [5.41, 5.74) is 0.984. The smallest absolute Gasteiger partial charge is 0.262 e. The number of imide groups is 1. The number of hydrogen-bond acceptors (Lipinski definition) is 5. The van der Waals surface area contributed by atoms with Crippen LogP contribution in [0.25, 0.3) is 0 Å². The molecule has 152 valence electrons. The van der Waals surface area contributed by atoms with Gasteiger partial charge < -0.3 is 14.8 Å². The van der Waals surface area contributed by atoms with E-state index in [1.807, 2.05) is 0 Å². The lowest BCUT2D eigenvalue weighted by Crippen LogP contribution is -2.50. The Morgan fingerprint density at radius 2 is 1.55 bits per heavy atom. The Morgan fingerprint density at radius 1 is 1.00 bits per heavy atom. The van der Waals surface area contributed by atoms with Crippen LogP contribution < -0.4 is 14.8 Å². The fourth-order valence-electron chi connectivity index (χ4n) is 3.34. The fourth-order valence-corrected chi connectivity index (χ4v) is 3.83. The van der Waals surface area contributed by atoms with Gasteiger partial charge in [0.25, 0.3) is 11.8 Å². The van der Waals surface area contributed by atoms with Crippen LogP contribution in [0.3, 0.4) is 0 Å². The molecule has 1 N–H and O–H groups in total. The Kier molecular flexibility index (Phi) is 5.93. The lowest BCUT2D eigenvalue weighted by atomic mass is 10.0. The van der Waals surface area contributed by atoms with Gasteiger partial charge in [-0.15, -0.1) is 0 Å². The predicted octanol–water partition coefficient (Wildman–Crippen LogP) is 3.73. The third-order valence-electron chi connectivity index (χ3n) is 4.74. The first-order chi connectivity index (χ1) is 13.8. The highest BCUT2D eigenvalue weighted by Crippen LogP contribution is 2.36. The standard InChI is InChI=1S/C21H21BrN2O5/c1-11(2)18(24-20(26)12-7-5-6-8-13(12)21(24)27)19(25)23-15-10-16(28-3)14(22)9-17(15)29-4/h5-11,18H,1-4H3,(H,23,25). The van der Waals surface area contributed by atoms with Crippen molar-refractivity contribution in [1.29, 1.82) is 0 Å². The number of ether oxygens (including phenoxy) is 2. The van der Waals surface area contributed by atoms with Crippen molar-refractivity contribution in [3.8, 4) is 11.5 Å². The summed E-state index contributed by atoms with van der Waals surface area (Å²) >= 11 is 3.37. The monoisotopic (exact) mass is 460 g/mol. The lowest BCUT2D eigenvalue weighted by molar-refractivity contribution is -0.121. The number of benzene rings is 2. The van der Waals surface area contributed by atoms with Crippen LogP contribution in [0.5, 0.6) is 11.5 Å². The molecule has 1 unspecified atom stereocenters. The first-order valence-corrected chi connectivity index (χ1v) is 9.78. The second kappa shape index (κ2) is 8.24. The first kappa shape index (κ1) is 20.9. The van der Waals surface area contributed by atoms with Gasteiger partial charge in [-0.3, -0.25) is 19.3 Å². The van der Waals surface area contributed by atoms with Gasteiger partial charge in [0.1, 0.15) is 17.5 Å². The molecule has 0 radical (unpaired) electrons. The number of anilines is 1. The van der Waals surface area contributed by atoms with Crippen LogP contribution in [0.1, 0.15) is 34.6 Å². The number of hydrogen-bond donors (Lipinski definition) is 1. The summed E-state index contributed by atoms with van der Waals surface area (Å²) < 4.78 is 11.3. The second-order valence-corrected chi connectivity index (χ2v) is 7.75. The van der Waals surface area contributed by atoms with Crippen LogP contribution in [0.2, 0.25) is 0 Å². The maximum absolute atomic E-state index is 13.2. The van der Waals surface area contributed by atoms with E-state index in [9.17, 15) is 14.4 Å². The molecule has 8 heteroatoms. The number of halogens is 1. The molecule has 0 aliphatic carbocycles. The van der Waals surface area contributed by atoms with Crippen LogP contribution in [0.4, 0.5) is 5.69 Å². The van der Waals surface area contributed by atoms with Gasteiger partial charge in [0.2, 0.25) is 5.91 Å². The molecule has 7 nitrogen and oxygen atoms in total. The van der Waals surface area contributed by atoms with Crippen molar-refractivity contribution in [1.82, 2.24) is 4.90 Å². The highest BCUT2D eigenvalue weighted by atomic mass is 79.9. The van der Waals surface area contributed by atoms with E-state index < -0.39 is 23.8 Å². The zero-order chi connectivity index (χ0) is 21.3. The number of carbonyl (C=O) groups is 3. The summed E-state index contributed by atoms with van der Waals surface area (Å²) in [6.07, 6.45) is 0. The van der Waals surface area contributed by atoms with Gasteiger partial charge >= 0.3 is 0 Å². The first-order valence-electron chi connectivity index (χ1n) is 8.99. The molecule has 0 bridgehead atoms. The van der Waals surface area contributed by atoms with E-state index in [4.69, 9.17) is 9.47 Å². The zero-order valence-electron chi connectivity index (χ0n) is 16.5. The summed E-state index contributed by atoms with van der Waals surface area (Å²) in [5, 5.41) is 2.78. The van der Waals surface area contributed by atoms with E-state index >= 15 is 0 Å². The molecule has 29 heavy (non-hydrogen) atoms. The van der Waals surface area contributed by atoms with Gasteiger partial charge in [-0.2, -0.15) is 0 Å². The molecule has 3 amide bonds. The number of nitrogens with zero attached hydrogens (tertiary/aromatic N) is 1. The maximum atomic E-state index is 13.2. The van der Waals surface area contributed by atoms with Crippen LogP contribution in [-0.4, -0.2) is 42.9 Å². The van der Waals surface area contributed by atoms with Gasteiger partial charge in [0.15, 0.2) is 0 Å². The van der Waals surface area contributed by atoms with Crippen molar-refractivity contribution >= 4 is 39.3 Å². The number of fused-ring (bicyclic) bond motifs is 1. The van der Waals surface area contributed by atoms with Crippen molar-refractivity contribution in [2.75, 3.05) is 19.5 Å². The van der Waals surface area contributed by atoms with Crippen molar-refractivity contribution in [3.05, 3.63) is 52.0 Å². The number of methoxy groups -OCH3 is 2. The van der Waals surface area contributed by atoms with Gasteiger partial charge in [-0.05, 0) is 34.0 Å². The molecule has 0 saturated heterocycles. The third-order valence-corrected chi connectivity index (χ3v) is 5.36. The molecule has 0 fully saturated rings. The molecule has 2 aromatic carbocycles. The van der Waals surface area contributed by atoms with Gasteiger partial charge in [-0.1, -0.05) is 26.0 Å². The molecule has 0 saturated carbocycles. The highest BCUT2D eigenvalue weighted by Gasteiger charge is 2.44. The molecule has 1 atom stereocenters. The summed E-state index contributed by atoms with van der Waals surface area (Å²) in [4.78, 5) is 39.9. The average Bonchev–Trinajstić information content (AvgIpc) is 2.94. The minimum atomic E-state index is -0.984. The minimum Gasteiger partial charge on any atom is -0.495 e. The lowest BCUT2D eigenvalue weighted by Gasteiger charge is -2.28. The molecular weight excluding hydrogens is 440 g/mol. The van der Waals surface area contributed by atoms with E-state index in [0.29, 0.717) is 32.8 Å². The SMILES string of the molecule is COc1cc(NC(=O)C(C(C)C)N2C(=O)c3ccccc3C2=O)c(OC)cc1Br. The normalized spacial score (nSPS) is 14.1. The topological polar surface area (TPSA) is 84.9 Å². The zero-order valence-corrected chi connectivity index (χ0v) is 18.1. The largest absolute Gasteiger partial charge is 0.495 e. The molecule has 2 aromatic rings. The van der Waals surface area contributed by atoms with Crippen molar-refractivity contribution < 1.29 is 23.9 Å². The molecule has 1 heterocycles. The third kappa shape index (κ3) is 3.72. The predicted molar refractivity (Wildman–Crippen MR) is 111 cm³/mol. The van der Waals surface area contributed by atoms with E-state index in [0.717, 1.165) is 4.90 Å². The molecule has 3 rings (SSSR count). The summed E-state index contributed by atoms with van der Waals surface area (Å²) in [6.45, 7) is 3.57. The van der Waals surface area contributed by atoms with Crippen molar-refractivity contribution in [3.63, 3.8) is 0 Å². The van der Waals surface area contributed by atoms with Gasteiger partial charge in [0.05, 0.1) is 35.5 Å². The molecule has 1 aliphatic heterocycles. The average molecular weight is 461 g/mol. The van der Waals surface area contributed by atoms with Gasteiger partial charge in [-0.25, -0.2) is 0 Å². The maximum Gasteiger partial charge on any atom is 0.262 e. The van der Waals surface area contributed by atoms with E-state index in [1.165, 1.54) is 14.2 Å². The molecule has 1 aliphatic rings. The quantitative estimate of drug-likeness (QED) is 0.663. The second-order valence-electron chi connectivity index (χ2n) is 6.89. The molecule has 0 aromatic heterocycles. The number of amides is 3. The molecular formula is C21H21BrN2O5. The van der Waals surface area contributed by atoms with Crippen molar-refractivity contribution in [2.24, 2.45) is 5.92 Å². The van der Waals surface area contributed by atoms with Crippen LogP contribution >= 0.6 is 15.9 Å². The Bertz CT molecular complexity index is 954. The van der Waals surface area contributed by atoms with Crippen LogP contribution in [0, 0.1) is 5.92 Å². The number of carbonyl (C=O) groups excluding carboxylic acids is 3. The Morgan fingerprint density at radius 3 is 2.03 bits per heavy atom. The Balaban J connectivity index is 1.95. The fraction of sp³-hybridized carbons (Fsp3) is 0.286.